The summed E-state index contributed by atoms with van der Waals surface area (Å²) < 4.78 is 0. The number of benzene rings is 2. The summed E-state index contributed by atoms with van der Waals surface area (Å²) in [6.45, 7) is 1.84. The van der Waals surface area contributed by atoms with Gasteiger partial charge in [-0.1, -0.05) is 36.4 Å². The highest BCUT2D eigenvalue weighted by molar-refractivity contribution is 8.00. The van der Waals surface area contributed by atoms with Crippen LogP contribution >= 0.6 is 11.8 Å². The van der Waals surface area contributed by atoms with Crippen LogP contribution in [0.15, 0.2) is 90.0 Å². The van der Waals surface area contributed by atoms with E-state index in [0.29, 0.717) is 11.5 Å². The summed E-state index contributed by atoms with van der Waals surface area (Å²) >= 11 is 1.44. The smallest absolute Gasteiger partial charge is 0.248 e. The van der Waals surface area contributed by atoms with Crippen molar-refractivity contribution >= 4 is 41.2 Å². The molecule has 0 spiro atoms. The van der Waals surface area contributed by atoms with Crippen molar-refractivity contribution in [3.8, 4) is 0 Å². The van der Waals surface area contributed by atoms with Crippen molar-refractivity contribution in [2.24, 2.45) is 0 Å². The Hall–Kier alpha value is -3.38. The zero-order chi connectivity index (χ0) is 20.5. The number of amides is 2. The van der Waals surface area contributed by atoms with Gasteiger partial charge in [-0.25, -0.2) is 4.98 Å². The van der Waals surface area contributed by atoms with Crippen molar-refractivity contribution in [2.75, 3.05) is 10.6 Å². The number of hydrogen-bond donors (Lipinski definition) is 2. The largest absolute Gasteiger partial charge is 0.323 e. The van der Waals surface area contributed by atoms with Crippen LogP contribution in [0.2, 0.25) is 0 Å². The lowest BCUT2D eigenvalue weighted by atomic mass is 10.2. The third-order valence-corrected chi connectivity index (χ3v) is 5.06. The van der Waals surface area contributed by atoms with E-state index in [1.54, 1.807) is 24.4 Å². The normalized spacial score (nSPS) is 11.8. The topological polar surface area (TPSA) is 71.1 Å². The monoisotopic (exact) mass is 403 g/mol. The minimum atomic E-state index is -0.286. The Morgan fingerprint density at radius 3 is 2.34 bits per heavy atom. The lowest BCUT2D eigenvalue weighted by Gasteiger charge is -2.12. The molecule has 1 aromatic heterocycles. The zero-order valence-electron chi connectivity index (χ0n) is 15.9. The van der Waals surface area contributed by atoms with E-state index in [2.05, 4.69) is 15.6 Å². The van der Waals surface area contributed by atoms with Gasteiger partial charge in [-0.3, -0.25) is 9.59 Å². The van der Waals surface area contributed by atoms with Gasteiger partial charge >= 0.3 is 0 Å². The molecule has 0 aliphatic rings. The third kappa shape index (κ3) is 6.62. The first-order valence-corrected chi connectivity index (χ1v) is 10.0. The highest BCUT2D eigenvalue weighted by atomic mass is 32.2. The minimum absolute atomic E-state index is 0.114. The Balaban J connectivity index is 1.51. The van der Waals surface area contributed by atoms with Crippen molar-refractivity contribution in [2.45, 2.75) is 17.1 Å². The molecule has 3 aromatic rings. The van der Waals surface area contributed by atoms with Gasteiger partial charge in [-0.05, 0) is 55.0 Å². The van der Waals surface area contributed by atoms with Gasteiger partial charge in [0.2, 0.25) is 11.8 Å². The molecule has 2 amide bonds. The van der Waals surface area contributed by atoms with E-state index in [9.17, 15) is 9.59 Å². The first-order valence-electron chi connectivity index (χ1n) is 9.13. The molecule has 2 N–H and O–H groups in total. The maximum atomic E-state index is 12.3. The number of carbonyl (C=O) groups excluding carboxylic acids is 2. The standard InChI is InChI=1S/C23H21N3O2S/c1-17(23(28)26-21-9-5-6-16-24-21)29-20-13-11-19(12-14-20)25-22(27)15-10-18-7-3-2-4-8-18/h2-17H,1H3,(H,25,27)(H,24,26,28)/b15-10+. The second-order valence-corrected chi connectivity index (χ2v) is 7.64. The molecule has 0 aliphatic carbocycles. The van der Waals surface area contributed by atoms with Gasteiger partial charge in [-0.15, -0.1) is 11.8 Å². The van der Waals surface area contributed by atoms with Crippen LogP contribution in [0, 0.1) is 0 Å². The number of nitrogens with zero attached hydrogens (tertiary/aromatic N) is 1. The van der Waals surface area contributed by atoms with Gasteiger partial charge in [0.15, 0.2) is 0 Å². The fourth-order valence-electron chi connectivity index (χ4n) is 2.46. The lowest BCUT2D eigenvalue weighted by molar-refractivity contribution is -0.115. The van der Waals surface area contributed by atoms with E-state index in [-0.39, 0.29) is 17.1 Å². The second kappa shape index (κ2) is 10.2. The summed E-state index contributed by atoms with van der Waals surface area (Å²) in [6, 6.07) is 22.4. The Labute approximate surface area is 174 Å². The fourth-order valence-corrected chi connectivity index (χ4v) is 3.33. The van der Waals surface area contributed by atoms with Crippen LogP contribution < -0.4 is 10.6 Å². The molecule has 1 heterocycles. The van der Waals surface area contributed by atoms with Crippen LogP contribution in [0.3, 0.4) is 0 Å². The number of rotatable bonds is 7. The number of anilines is 2. The molecule has 0 saturated carbocycles. The Morgan fingerprint density at radius 2 is 1.66 bits per heavy atom. The number of pyridine rings is 1. The maximum absolute atomic E-state index is 12.3. The first-order chi connectivity index (χ1) is 14.1. The molecule has 0 aliphatic heterocycles. The van der Waals surface area contributed by atoms with E-state index in [4.69, 9.17) is 0 Å². The average Bonchev–Trinajstić information content (AvgIpc) is 2.75. The average molecular weight is 404 g/mol. The summed E-state index contributed by atoms with van der Waals surface area (Å²) in [6.07, 6.45) is 4.90. The number of hydrogen-bond acceptors (Lipinski definition) is 4. The van der Waals surface area contributed by atoms with Gasteiger partial charge in [0.25, 0.3) is 0 Å². The molecule has 2 aromatic carbocycles. The van der Waals surface area contributed by atoms with Crippen LogP contribution in [0.1, 0.15) is 12.5 Å². The predicted molar refractivity (Wildman–Crippen MR) is 119 cm³/mol. The van der Waals surface area contributed by atoms with Gasteiger partial charge in [-0.2, -0.15) is 0 Å². The molecule has 1 unspecified atom stereocenters. The molecular weight excluding hydrogens is 382 g/mol. The van der Waals surface area contributed by atoms with Gasteiger partial charge in [0.05, 0.1) is 5.25 Å². The molecule has 0 bridgehead atoms. The SMILES string of the molecule is CC(Sc1ccc(NC(=O)/C=C/c2ccccc2)cc1)C(=O)Nc1ccccn1. The second-order valence-electron chi connectivity index (χ2n) is 6.22. The summed E-state index contributed by atoms with van der Waals surface area (Å²) in [5.74, 6) is 0.223. The predicted octanol–water partition coefficient (Wildman–Crippen LogP) is 4.85. The van der Waals surface area contributed by atoms with E-state index in [0.717, 1.165) is 10.5 Å². The molecule has 1 atom stereocenters. The molecule has 3 rings (SSSR count). The van der Waals surface area contributed by atoms with Crippen LogP contribution in [0.25, 0.3) is 6.08 Å². The Morgan fingerprint density at radius 1 is 0.931 bits per heavy atom. The van der Waals surface area contributed by atoms with Crippen molar-refractivity contribution in [1.82, 2.24) is 4.98 Å². The number of carbonyl (C=O) groups is 2. The molecule has 5 nitrogen and oxygen atoms in total. The highest BCUT2D eigenvalue weighted by Crippen LogP contribution is 2.25. The number of nitrogens with one attached hydrogen (secondary N) is 2. The van der Waals surface area contributed by atoms with E-state index >= 15 is 0 Å². The summed E-state index contributed by atoms with van der Waals surface area (Å²) in [5.41, 5.74) is 1.66. The summed E-state index contributed by atoms with van der Waals surface area (Å²) in [7, 11) is 0. The van der Waals surface area contributed by atoms with Crippen LogP contribution in [-0.2, 0) is 9.59 Å². The molecule has 29 heavy (non-hydrogen) atoms. The van der Waals surface area contributed by atoms with Crippen LogP contribution in [0.4, 0.5) is 11.5 Å². The molecule has 0 fully saturated rings. The molecular formula is C23H21N3O2S. The van der Waals surface area contributed by atoms with Crippen LogP contribution in [0.5, 0.6) is 0 Å². The molecule has 6 heteroatoms. The van der Waals surface area contributed by atoms with Crippen molar-refractivity contribution in [1.29, 1.82) is 0 Å². The number of aromatic nitrogens is 1. The van der Waals surface area contributed by atoms with E-state index < -0.39 is 0 Å². The summed E-state index contributed by atoms with van der Waals surface area (Å²) in [5, 5.41) is 5.33. The van der Waals surface area contributed by atoms with Crippen molar-refractivity contribution in [3.63, 3.8) is 0 Å². The molecule has 0 radical (unpaired) electrons. The first kappa shape index (κ1) is 20.4. The third-order valence-electron chi connectivity index (χ3n) is 3.95. The van der Waals surface area contributed by atoms with E-state index in [1.807, 2.05) is 67.6 Å². The lowest BCUT2D eigenvalue weighted by Crippen LogP contribution is -2.22. The van der Waals surface area contributed by atoms with E-state index in [1.165, 1.54) is 17.8 Å². The molecule has 146 valence electrons. The van der Waals surface area contributed by atoms with Gasteiger partial charge < -0.3 is 10.6 Å². The van der Waals surface area contributed by atoms with Crippen molar-refractivity contribution < 1.29 is 9.59 Å². The van der Waals surface area contributed by atoms with Gasteiger partial charge in [0.1, 0.15) is 5.82 Å². The Kier molecular flexibility index (Phi) is 7.19. The number of thioether (sulfide) groups is 1. The van der Waals surface area contributed by atoms with Gasteiger partial charge in [0, 0.05) is 22.9 Å². The highest BCUT2D eigenvalue weighted by Gasteiger charge is 2.15. The Bertz CT molecular complexity index is 974. The fraction of sp³-hybridized carbons (Fsp3) is 0.0870. The maximum Gasteiger partial charge on any atom is 0.248 e. The van der Waals surface area contributed by atoms with Crippen LogP contribution in [-0.4, -0.2) is 22.0 Å². The zero-order valence-corrected chi connectivity index (χ0v) is 16.7. The quantitative estimate of drug-likeness (QED) is 0.437. The van der Waals surface area contributed by atoms with Crippen molar-refractivity contribution in [3.05, 3.63) is 90.6 Å². The molecule has 0 saturated heterocycles. The minimum Gasteiger partial charge on any atom is -0.323 e. The summed E-state index contributed by atoms with van der Waals surface area (Å²) in [4.78, 5) is 29.4.